The molecule has 240 valence electrons. The molecule has 0 fully saturated rings. The number of esters is 2. The van der Waals surface area contributed by atoms with Crippen LogP contribution in [0, 0.1) is 16.0 Å². The quantitative estimate of drug-likeness (QED) is 0.103. The van der Waals surface area contributed by atoms with Gasteiger partial charge >= 0.3 is 11.9 Å². The highest BCUT2D eigenvalue weighted by atomic mass is 16.6. The predicted octanol–water partition coefficient (Wildman–Crippen LogP) is 6.22. The van der Waals surface area contributed by atoms with Gasteiger partial charge in [0.2, 0.25) is 0 Å². The summed E-state index contributed by atoms with van der Waals surface area (Å²) in [6, 6.07) is 18.3. The van der Waals surface area contributed by atoms with E-state index in [1.54, 1.807) is 40.0 Å². The molecule has 0 spiro atoms. The molecule has 1 aromatic heterocycles. The highest BCUT2D eigenvalue weighted by Gasteiger charge is 2.43. The zero-order valence-corrected chi connectivity index (χ0v) is 26.9. The first-order valence-electron chi connectivity index (χ1n) is 15.3. The zero-order chi connectivity index (χ0) is 33.2. The Balaban J connectivity index is 1.39. The summed E-state index contributed by atoms with van der Waals surface area (Å²) in [7, 11) is 0. The number of carbonyl (C=O) groups excluding carboxylic acids is 2. The van der Waals surface area contributed by atoms with Gasteiger partial charge in [-0.1, -0.05) is 54.1 Å². The van der Waals surface area contributed by atoms with Gasteiger partial charge in [0, 0.05) is 54.9 Å². The molecule has 0 saturated carbocycles. The van der Waals surface area contributed by atoms with Crippen molar-refractivity contribution in [2.24, 2.45) is 10.9 Å². The number of aliphatic imine (C=N–C) groups is 1. The molecule has 0 aliphatic carbocycles. The number of non-ortho nitro benzene ring substituents is 1. The lowest BCUT2D eigenvalue weighted by Gasteiger charge is -2.32. The third kappa shape index (κ3) is 9.04. The summed E-state index contributed by atoms with van der Waals surface area (Å²) in [4.78, 5) is 46.5. The molecular weight excluding hydrogens is 584 g/mol. The van der Waals surface area contributed by atoms with E-state index in [4.69, 9.17) is 9.47 Å². The van der Waals surface area contributed by atoms with E-state index in [9.17, 15) is 19.7 Å². The largest absolute Gasteiger partial charge is 0.462 e. The fourth-order valence-electron chi connectivity index (χ4n) is 5.49. The van der Waals surface area contributed by atoms with Crippen LogP contribution in [0.5, 0.6) is 0 Å². The molecule has 1 aliphatic heterocycles. The van der Waals surface area contributed by atoms with Gasteiger partial charge in [-0.2, -0.15) is 0 Å². The summed E-state index contributed by atoms with van der Waals surface area (Å²) in [6.07, 6.45) is 6.18. The third-order valence-electron chi connectivity index (χ3n) is 7.53. The second-order valence-corrected chi connectivity index (χ2v) is 11.6. The van der Waals surface area contributed by atoms with E-state index in [0.717, 1.165) is 23.1 Å². The SMILES string of the molecule is CC(=Cc1ccc(Cc2cccnc2)cc1)CNCCOC(=O)C1=C(C)N=C(C)C(C(=O)OC(C)C)C1c1cccc([N+](=O)[O-])c1. The third-order valence-corrected chi connectivity index (χ3v) is 7.53. The number of hydrogen-bond donors (Lipinski definition) is 1. The maximum absolute atomic E-state index is 13.5. The Morgan fingerprint density at radius 1 is 1.07 bits per heavy atom. The molecule has 2 atom stereocenters. The maximum Gasteiger partial charge on any atom is 0.336 e. The summed E-state index contributed by atoms with van der Waals surface area (Å²) in [6.45, 7) is 9.93. The lowest BCUT2D eigenvalue weighted by atomic mass is 9.75. The van der Waals surface area contributed by atoms with Crippen LogP contribution in [-0.4, -0.2) is 53.4 Å². The van der Waals surface area contributed by atoms with E-state index < -0.39 is 34.8 Å². The maximum atomic E-state index is 13.5. The Labute approximate surface area is 269 Å². The van der Waals surface area contributed by atoms with Crippen molar-refractivity contribution in [1.82, 2.24) is 10.3 Å². The standard InChI is InChI=1S/C36H40N4O6/c1-23(2)46-36(42)33-26(5)39-25(4)32(34(33)30-9-6-10-31(20-30)40(43)44)35(41)45-17-16-38-21-24(3)18-27-11-13-28(14-12-27)19-29-8-7-15-37-22-29/h6-15,18,20,22-23,33-34,38H,16-17,19,21H2,1-5H3. The van der Waals surface area contributed by atoms with Crippen molar-refractivity contribution in [1.29, 1.82) is 0 Å². The number of allylic oxidation sites excluding steroid dienone is 1. The second-order valence-electron chi connectivity index (χ2n) is 11.6. The lowest BCUT2D eigenvalue weighted by molar-refractivity contribution is -0.384. The minimum atomic E-state index is -0.939. The number of ether oxygens (including phenoxy) is 2. The van der Waals surface area contributed by atoms with E-state index >= 15 is 0 Å². The van der Waals surface area contributed by atoms with Crippen molar-refractivity contribution < 1.29 is 24.0 Å². The van der Waals surface area contributed by atoms with Crippen LogP contribution < -0.4 is 5.32 Å². The van der Waals surface area contributed by atoms with Gasteiger partial charge < -0.3 is 14.8 Å². The lowest BCUT2D eigenvalue weighted by Crippen LogP contribution is -2.37. The molecule has 0 saturated heterocycles. The molecular formula is C36H40N4O6. The monoisotopic (exact) mass is 624 g/mol. The van der Waals surface area contributed by atoms with E-state index in [2.05, 4.69) is 51.7 Å². The Morgan fingerprint density at radius 3 is 2.50 bits per heavy atom. The molecule has 2 heterocycles. The molecule has 1 aliphatic rings. The van der Waals surface area contributed by atoms with Gasteiger partial charge in [0.15, 0.2) is 0 Å². The first-order chi connectivity index (χ1) is 22.0. The molecule has 2 aromatic carbocycles. The molecule has 46 heavy (non-hydrogen) atoms. The second kappa shape index (κ2) is 15.9. The van der Waals surface area contributed by atoms with Crippen molar-refractivity contribution in [3.05, 3.63) is 122 Å². The minimum absolute atomic E-state index is 0.0807. The van der Waals surface area contributed by atoms with Gasteiger partial charge in [0.25, 0.3) is 5.69 Å². The topological polar surface area (TPSA) is 133 Å². The summed E-state index contributed by atoms with van der Waals surface area (Å²) >= 11 is 0. The van der Waals surface area contributed by atoms with Crippen molar-refractivity contribution in [3.63, 3.8) is 0 Å². The van der Waals surface area contributed by atoms with Crippen molar-refractivity contribution in [3.8, 4) is 0 Å². The van der Waals surface area contributed by atoms with Crippen LogP contribution >= 0.6 is 0 Å². The van der Waals surface area contributed by atoms with Gasteiger partial charge in [-0.15, -0.1) is 0 Å². The van der Waals surface area contributed by atoms with Crippen molar-refractivity contribution in [2.75, 3.05) is 19.7 Å². The number of carbonyl (C=O) groups is 2. The molecule has 2 unspecified atom stereocenters. The number of hydrogen-bond acceptors (Lipinski definition) is 9. The molecule has 10 nitrogen and oxygen atoms in total. The highest BCUT2D eigenvalue weighted by molar-refractivity contribution is 6.07. The number of rotatable bonds is 13. The normalized spacial score (nSPS) is 16.7. The van der Waals surface area contributed by atoms with E-state index in [-0.39, 0.29) is 17.9 Å². The zero-order valence-electron chi connectivity index (χ0n) is 26.9. The summed E-state index contributed by atoms with van der Waals surface area (Å²) in [5, 5.41) is 14.8. The average molecular weight is 625 g/mol. The number of nitrogens with one attached hydrogen (secondary N) is 1. The number of benzene rings is 2. The molecule has 0 radical (unpaired) electrons. The molecule has 10 heteroatoms. The van der Waals surface area contributed by atoms with Crippen LogP contribution in [-0.2, 0) is 25.5 Å². The van der Waals surface area contributed by atoms with Gasteiger partial charge in [-0.3, -0.25) is 24.9 Å². The minimum Gasteiger partial charge on any atom is -0.462 e. The Bertz CT molecular complexity index is 1640. The molecule has 1 N–H and O–H groups in total. The van der Waals surface area contributed by atoms with Crippen LogP contribution in [0.1, 0.15) is 62.8 Å². The fraction of sp³-hybridized carbons (Fsp3) is 0.333. The number of nitro groups is 1. The predicted molar refractivity (Wildman–Crippen MR) is 177 cm³/mol. The summed E-state index contributed by atoms with van der Waals surface area (Å²) < 4.78 is 11.2. The Kier molecular flexibility index (Phi) is 11.7. The highest BCUT2D eigenvalue weighted by Crippen LogP contribution is 2.41. The molecule has 0 amide bonds. The van der Waals surface area contributed by atoms with E-state index in [0.29, 0.717) is 30.1 Å². The number of pyridine rings is 1. The smallest absolute Gasteiger partial charge is 0.336 e. The van der Waals surface area contributed by atoms with Crippen LogP contribution in [0.3, 0.4) is 0 Å². The number of aromatic nitrogens is 1. The van der Waals surface area contributed by atoms with Crippen LogP contribution in [0.2, 0.25) is 0 Å². The van der Waals surface area contributed by atoms with Gasteiger partial charge in [-0.25, -0.2) is 4.79 Å². The van der Waals surface area contributed by atoms with Crippen LogP contribution in [0.15, 0.2) is 94.9 Å². The van der Waals surface area contributed by atoms with E-state index in [1.807, 2.05) is 19.2 Å². The fourth-order valence-corrected chi connectivity index (χ4v) is 5.49. The van der Waals surface area contributed by atoms with Gasteiger partial charge in [-0.05, 0) is 69.4 Å². The van der Waals surface area contributed by atoms with Crippen molar-refractivity contribution >= 4 is 29.4 Å². The van der Waals surface area contributed by atoms with Gasteiger partial charge in [0.1, 0.15) is 12.5 Å². The number of nitro benzene ring substituents is 1. The van der Waals surface area contributed by atoms with E-state index in [1.165, 1.54) is 23.8 Å². The van der Waals surface area contributed by atoms with Gasteiger partial charge in [0.05, 0.1) is 16.6 Å². The average Bonchev–Trinajstić information content (AvgIpc) is 3.01. The van der Waals surface area contributed by atoms with Crippen LogP contribution in [0.25, 0.3) is 6.08 Å². The number of nitrogens with zero attached hydrogens (tertiary/aromatic N) is 3. The molecule has 3 aromatic rings. The van der Waals surface area contributed by atoms with Crippen LogP contribution in [0.4, 0.5) is 5.69 Å². The van der Waals surface area contributed by atoms with Crippen molar-refractivity contribution in [2.45, 2.75) is 53.1 Å². The molecule has 4 rings (SSSR count). The first kappa shape index (κ1) is 33.9. The summed E-state index contributed by atoms with van der Waals surface area (Å²) in [5.74, 6) is -2.98. The summed E-state index contributed by atoms with van der Waals surface area (Å²) in [5.41, 5.74) is 5.90. The Morgan fingerprint density at radius 2 is 1.83 bits per heavy atom. The molecule has 0 bridgehead atoms. The first-order valence-corrected chi connectivity index (χ1v) is 15.3. The Hall–Kier alpha value is -4.96.